The zero-order valence-electron chi connectivity index (χ0n) is 18.4. The maximum atomic E-state index is 11.0. The molecule has 0 radical (unpaired) electrons. The van der Waals surface area contributed by atoms with Crippen molar-refractivity contribution in [1.29, 1.82) is 0 Å². The topological polar surface area (TPSA) is 111 Å². The van der Waals surface area contributed by atoms with Crippen LogP contribution in [0.1, 0.15) is 11.1 Å². The third kappa shape index (κ3) is 5.99. The molecule has 0 heterocycles. The average Bonchev–Trinajstić information content (AvgIpc) is 2.88. The molecule has 4 aromatic carbocycles. The van der Waals surface area contributed by atoms with E-state index in [1.807, 2.05) is 48.5 Å². The van der Waals surface area contributed by atoms with Gasteiger partial charge in [0.1, 0.15) is 10.0 Å². The van der Waals surface area contributed by atoms with Crippen molar-refractivity contribution in [2.24, 2.45) is 9.98 Å². The molecule has 8 nitrogen and oxygen atoms in total. The van der Waals surface area contributed by atoms with Gasteiger partial charge in [0.05, 0.1) is 21.2 Å². The van der Waals surface area contributed by atoms with Crippen molar-refractivity contribution in [3.05, 3.63) is 126 Å². The zero-order valence-corrected chi connectivity index (χ0v) is 19.9. The Kier molecular flexibility index (Phi) is 7.48. The predicted molar refractivity (Wildman–Crippen MR) is 143 cm³/mol. The molecular formula is C26H16Cl2N4O4. The van der Waals surface area contributed by atoms with E-state index >= 15 is 0 Å². The molecule has 0 amide bonds. The van der Waals surface area contributed by atoms with Crippen LogP contribution in [0.5, 0.6) is 0 Å². The second-order valence-electron chi connectivity index (χ2n) is 7.55. The molecule has 0 aliphatic heterocycles. The number of benzene rings is 4. The minimum atomic E-state index is -0.533. The molecule has 0 atom stereocenters. The van der Waals surface area contributed by atoms with Gasteiger partial charge in [-0.25, -0.2) is 0 Å². The number of nitrogens with zero attached hydrogens (tertiary/aromatic N) is 4. The highest BCUT2D eigenvalue weighted by atomic mass is 35.5. The van der Waals surface area contributed by atoms with Crippen molar-refractivity contribution < 1.29 is 9.85 Å². The summed E-state index contributed by atoms with van der Waals surface area (Å²) in [4.78, 5) is 29.7. The quantitative estimate of drug-likeness (QED) is 0.140. The summed E-state index contributed by atoms with van der Waals surface area (Å²) in [5.41, 5.74) is 4.12. The molecule has 4 rings (SSSR count). The number of hydrogen-bond donors (Lipinski definition) is 0. The minimum absolute atomic E-state index is 0.0761. The van der Waals surface area contributed by atoms with Crippen LogP contribution >= 0.6 is 23.2 Å². The maximum Gasteiger partial charge on any atom is 0.288 e. The van der Waals surface area contributed by atoms with Gasteiger partial charge in [0.2, 0.25) is 0 Å². The fourth-order valence-electron chi connectivity index (χ4n) is 3.28. The van der Waals surface area contributed by atoms with E-state index in [2.05, 4.69) is 9.98 Å². The number of aliphatic imine (C=N–C) groups is 2. The van der Waals surface area contributed by atoms with E-state index in [9.17, 15) is 20.2 Å². The van der Waals surface area contributed by atoms with Crippen LogP contribution in [0.2, 0.25) is 10.0 Å². The molecule has 0 spiro atoms. The van der Waals surface area contributed by atoms with Gasteiger partial charge in [0.25, 0.3) is 11.4 Å². The van der Waals surface area contributed by atoms with Gasteiger partial charge >= 0.3 is 0 Å². The Morgan fingerprint density at radius 3 is 1.28 bits per heavy atom. The van der Waals surface area contributed by atoms with Gasteiger partial charge in [0.15, 0.2) is 0 Å². The summed E-state index contributed by atoms with van der Waals surface area (Å²) in [6, 6.07) is 24.0. The van der Waals surface area contributed by atoms with Gasteiger partial charge in [-0.15, -0.1) is 0 Å². The first-order chi connectivity index (χ1) is 17.3. The van der Waals surface area contributed by atoms with Crippen molar-refractivity contribution in [3.63, 3.8) is 0 Å². The van der Waals surface area contributed by atoms with Crippen LogP contribution in [-0.4, -0.2) is 22.3 Å². The summed E-state index contributed by atoms with van der Waals surface area (Å²) in [6.45, 7) is 0. The summed E-state index contributed by atoms with van der Waals surface area (Å²) in [7, 11) is 0. The molecule has 0 saturated heterocycles. The number of hydrogen-bond acceptors (Lipinski definition) is 6. The van der Waals surface area contributed by atoms with E-state index in [4.69, 9.17) is 23.2 Å². The van der Waals surface area contributed by atoms with Crippen LogP contribution in [0, 0.1) is 20.2 Å². The molecule has 10 heteroatoms. The maximum absolute atomic E-state index is 11.0. The van der Waals surface area contributed by atoms with Gasteiger partial charge in [-0.3, -0.25) is 30.2 Å². The number of rotatable bonds is 7. The highest BCUT2D eigenvalue weighted by Gasteiger charge is 2.12. The van der Waals surface area contributed by atoms with Gasteiger partial charge in [-0.2, -0.15) is 0 Å². The molecular weight excluding hydrogens is 503 g/mol. The van der Waals surface area contributed by atoms with Gasteiger partial charge in [-0.1, -0.05) is 59.6 Å². The Morgan fingerprint density at radius 2 is 0.944 bits per heavy atom. The molecule has 0 aromatic heterocycles. The van der Waals surface area contributed by atoms with Crippen LogP contribution in [0.4, 0.5) is 22.7 Å². The lowest BCUT2D eigenvalue weighted by Crippen LogP contribution is -1.91. The Morgan fingerprint density at radius 1 is 0.583 bits per heavy atom. The summed E-state index contributed by atoms with van der Waals surface area (Å²) in [5.74, 6) is 0. The van der Waals surface area contributed by atoms with Crippen molar-refractivity contribution >= 4 is 58.4 Å². The number of nitro benzene ring substituents is 2. The first kappa shape index (κ1) is 24.7. The van der Waals surface area contributed by atoms with E-state index in [0.29, 0.717) is 22.5 Å². The van der Waals surface area contributed by atoms with Crippen molar-refractivity contribution in [1.82, 2.24) is 0 Å². The first-order valence-corrected chi connectivity index (χ1v) is 11.2. The third-order valence-corrected chi connectivity index (χ3v) is 5.77. The van der Waals surface area contributed by atoms with Gasteiger partial charge in [-0.05, 0) is 58.7 Å². The van der Waals surface area contributed by atoms with Crippen LogP contribution in [0.25, 0.3) is 11.1 Å². The number of nitro groups is 2. The SMILES string of the molecule is O=[N+]([O-])c1cc(C=Nc2ccc(-c3ccc(N=Cc4ccc(Cl)c([N+](=O)[O-])c4)cc3)cc2)ccc1Cl. The van der Waals surface area contributed by atoms with Crippen LogP contribution in [-0.2, 0) is 0 Å². The van der Waals surface area contributed by atoms with E-state index < -0.39 is 9.85 Å². The summed E-state index contributed by atoms with van der Waals surface area (Å²) in [5, 5.41) is 22.2. The summed E-state index contributed by atoms with van der Waals surface area (Å²) >= 11 is 11.7. The molecule has 0 aliphatic rings. The molecule has 0 aliphatic carbocycles. The normalized spacial score (nSPS) is 11.3. The van der Waals surface area contributed by atoms with Gasteiger partial charge < -0.3 is 0 Å². The lowest BCUT2D eigenvalue weighted by atomic mass is 10.1. The Hall–Kier alpha value is -4.40. The molecule has 36 heavy (non-hydrogen) atoms. The van der Waals surface area contributed by atoms with Crippen LogP contribution in [0.15, 0.2) is 94.9 Å². The third-order valence-electron chi connectivity index (χ3n) is 5.13. The second kappa shape index (κ2) is 10.9. The average molecular weight is 519 g/mol. The van der Waals surface area contributed by atoms with Crippen LogP contribution < -0.4 is 0 Å². The first-order valence-electron chi connectivity index (χ1n) is 10.5. The minimum Gasteiger partial charge on any atom is -0.258 e. The largest absolute Gasteiger partial charge is 0.288 e. The summed E-state index contributed by atoms with van der Waals surface area (Å²) < 4.78 is 0. The van der Waals surface area contributed by atoms with Crippen LogP contribution in [0.3, 0.4) is 0 Å². The van der Waals surface area contributed by atoms with Crippen molar-refractivity contribution in [3.8, 4) is 11.1 Å². The second-order valence-corrected chi connectivity index (χ2v) is 8.36. The van der Waals surface area contributed by atoms with Crippen molar-refractivity contribution in [2.75, 3.05) is 0 Å². The van der Waals surface area contributed by atoms with Crippen molar-refractivity contribution in [2.45, 2.75) is 0 Å². The molecule has 0 unspecified atom stereocenters. The van der Waals surface area contributed by atoms with E-state index in [1.165, 1.54) is 24.3 Å². The van der Waals surface area contributed by atoms with E-state index in [-0.39, 0.29) is 21.4 Å². The smallest absolute Gasteiger partial charge is 0.258 e. The molecule has 0 saturated carbocycles. The highest BCUT2D eigenvalue weighted by Crippen LogP contribution is 2.28. The fourth-order valence-corrected chi connectivity index (χ4v) is 3.65. The lowest BCUT2D eigenvalue weighted by Gasteiger charge is -2.03. The molecule has 0 bridgehead atoms. The fraction of sp³-hybridized carbons (Fsp3) is 0. The van der Waals surface area contributed by atoms with E-state index in [1.54, 1.807) is 24.6 Å². The Bertz CT molecular complexity index is 1390. The lowest BCUT2D eigenvalue weighted by molar-refractivity contribution is -0.384. The molecule has 0 fully saturated rings. The monoisotopic (exact) mass is 518 g/mol. The molecule has 4 aromatic rings. The van der Waals surface area contributed by atoms with Gasteiger partial charge in [0, 0.05) is 24.6 Å². The highest BCUT2D eigenvalue weighted by molar-refractivity contribution is 6.33. The molecule has 0 N–H and O–H groups in total. The predicted octanol–water partition coefficient (Wildman–Crippen LogP) is 7.98. The summed E-state index contributed by atoms with van der Waals surface area (Å²) in [6.07, 6.45) is 3.08. The standard InChI is InChI=1S/C26H16Cl2N4O4/c27-23-11-1-17(13-25(23)31(33)34)15-29-21-7-3-19(4-8-21)20-5-9-22(10-6-20)30-16-18-2-12-24(28)26(14-18)32(35)36/h1-16H. The Balaban J connectivity index is 1.44. The molecule has 178 valence electrons. The zero-order chi connectivity index (χ0) is 25.7. The number of halogens is 2. The Labute approximate surface area is 215 Å². The van der Waals surface area contributed by atoms with E-state index in [0.717, 1.165) is 11.1 Å².